The van der Waals surface area contributed by atoms with Crippen LogP contribution in [0, 0.1) is 17.5 Å². The molecular weight excluding hydrogens is 383 g/mol. The van der Waals surface area contributed by atoms with Gasteiger partial charge in [0.05, 0.1) is 5.69 Å². The maximum absolute atomic E-state index is 13.7. The molecule has 0 saturated heterocycles. The number of carbonyl (C=O) groups excluding carboxylic acids is 1. The predicted molar refractivity (Wildman–Crippen MR) is 102 cm³/mol. The third-order valence-corrected chi connectivity index (χ3v) is 4.28. The van der Waals surface area contributed by atoms with Gasteiger partial charge in [-0.1, -0.05) is 6.07 Å². The number of hydrogen-bond acceptors (Lipinski definition) is 3. The maximum atomic E-state index is 13.7. The van der Waals surface area contributed by atoms with Crippen LogP contribution in [0.1, 0.15) is 12.5 Å². The van der Waals surface area contributed by atoms with Crippen LogP contribution >= 0.6 is 0 Å². The molecule has 1 heterocycles. The van der Waals surface area contributed by atoms with Gasteiger partial charge in [0.1, 0.15) is 24.0 Å². The highest BCUT2D eigenvalue weighted by Gasteiger charge is 2.15. The Morgan fingerprint density at radius 3 is 2.34 bits per heavy atom. The third kappa shape index (κ3) is 5.10. The summed E-state index contributed by atoms with van der Waals surface area (Å²) in [4.78, 5) is 24.3. The summed E-state index contributed by atoms with van der Waals surface area (Å²) in [5, 5.41) is 6.74. The molecule has 0 saturated carbocycles. The van der Waals surface area contributed by atoms with Gasteiger partial charge in [-0.25, -0.2) is 17.9 Å². The SMILES string of the molecule is CC(Cc1c(F)cccc1F)NC(=O)Cn1nc(-c2ccc(F)cc2)ccc1=O. The predicted octanol–water partition coefficient (Wildman–Crippen LogP) is 3.08. The van der Waals surface area contributed by atoms with Crippen molar-refractivity contribution in [3.05, 3.63) is 88.0 Å². The highest BCUT2D eigenvalue weighted by Crippen LogP contribution is 2.16. The molecule has 0 radical (unpaired) electrons. The monoisotopic (exact) mass is 401 g/mol. The van der Waals surface area contributed by atoms with E-state index in [0.29, 0.717) is 11.3 Å². The number of halogens is 3. The van der Waals surface area contributed by atoms with E-state index >= 15 is 0 Å². The minimum atomic E-state index is -0.684. The molecule has 3 rings (SSSR count). The van der Waals surface area contributed by atoms with Gasteiger partial charge in [-0.3, -0.25) is 9.59 Å². The number of nitrogens with one attached hydrogen (secondary N) is 1. The Morgan fingerprint density at radius 2 is 1.69 bits per heavy atom. The van der Waals surface area contributed by atoms with E-state index in [1.807, 2.05) is 0 Å². The van der Waals surface area contributed by atoms with E-state index in [1.54, 1.807) is 6.92 Å². The first-order valence-corrected chi connectivity index (χ1v) is 8.90. The van der Waals surface area contributed by atoms with Crippen LogP contribution in [0.3, 0.4) is 0 Å². The molecule has 1 unspecified atom stereocenters. The average Bonchev–Trinajstić information content (AvgIpc) is 2.67. The normalized spacial score (nSPS) is 11.9. The molecular formula is C21H18F3N3O2. The molecule has 0 aliphatic heterocycles. The summed E-state index contributed by atoms with van der Waals surface area (Å²) < 4.78 is 41.5. The molecule has 150 valence electrons. The van der Waals surface area contributed by atoms with Gasteiger partial charge in [0.15, 0.2) is 0 Å². The Bertz CT molecular complexity index is 1060. The Hall–Kier alpha value is -3.42. The van der Waals surface area contributed by atoms with Gasteiger partial charge in [-0.15, -0.1) is 0 Å². The zero-order chi connectivity index (χ0) is 21.0. The first-order valence-electron chi connectivity index (χ1n) is 8.90. The van der Waals surface area contributed by atoms with Crippen molar-refractivity contribution in [1.82, 2.24) is 15.1 Å². The first-order chi connectivity index (χ1) is 13.8. The molecule has 3 aromatic rings. The lowest BCUT2D eigenvalue weighted by molar-refractivity contribution is -0.122. The van der Waals surface area contributed by atoms with Crippen molar-refractivity contribution in [3.63, 3.8) is 0 Å². The Morgan fingerprint density at radius 1 is 1.03 bits per heavy atom. The van der Waals surface area contributed by atoms with E-state index in [1.165, 1.54) is 42.5 Å². The molecule has 0 aliphatic carbocycles. The van der Waals surface area contributed by atoms with Crippen LogP contribution in [-0.2, 0) is 17.8 Å². The van der Waals surface area contributed by atoms with Crippen LogP contribution in [-0.4, -0.2) is 21.7 Å². The molecule has 0 aliphatic rings. The molecule has 1 N–H and O–H groups in total. The number of aromatic nitrogens is 2. The fourth-order valence-electron chi connectivity index (χ4n) is 2.88. The largest absolute Gasteiger partial charge is 0.352 e. The van der Waals surface area contributed by atoms with Gasteiger partial charge in [0.25, 0.3) is 5.56 Å². The lowest BCUT2D eigenvalue weighted by Gasteiger charge is -2.15. The summed E-state index contributed by atoms with van der Waals surface area (Å²) in [5.74, 6) is -2.30. The van der Waals surface area contributed by atoms with Crippen molar-refractivity contribution in [3.8, 4) is 11.3 Å². The van der Waals surface area contributed by atoms with Gasteiger partial charge in [-0.05, 0) is 55.8 Å². The number of amides is 1. The van der Waals surface area contributed by atoms with Crippen LogP contribution in [0.25, 0.3) is 11.3 Å². The Kier molecular flexibility index (Phi) is 6.11. The minimum Gasteiger partial charge on any atom is -0.352 e. The highest BCUT2D eigenvalue weighted by molar-refractivity contribution is 5.76. The van der Waals surface area contributed by atoms with Gasteiger partial charge >= 0.3 is 0 Å². The van der Waals surface area contributed by atoms with Crippen molar-refractivity contribution in [2.75, 3.05) is 0 Å². The maximum Gasteiger partial charge on any atom is 0.267 e. The van der Waals surface area contributed by atoms with E-state index in [0.717, 1.165) is 16.8 Å². The standard InChI is InChI=1S/C21H18F3N3O2/c1-13(11-16-17(23)3-2-4-18(16)24)25-20(28)12-27-21(29)10-9-19(26-27)14-5-7-15(22)8-6-14/h2-10,13H,11-12H2,1H3,(H,25,28). The van der Waals surface area contributed by atoms with Crippen molar-refractivity contribution in [2.45, 2.75) is 25.9 Å². The van der Waals surface area contributed by atoms with E-state index in [2.05, 4.69) is 10.4 Å². The lowest BCUT2D eigenvalue weighted by atomic mass is 10.1. The average molecular weight is 401 g/mol. The summed E-state index contributed by atoms with van der Waals surface area (Å²) >= 11 is 0. The van der Waals surface area contributed by atoms with Crippen LogP contribution in [0.4, 0.5) is 13.2 Å². The molecule has 0 spiro atoms. The first kappa shape index (κ1) is 20.3. The van der Waals surface area contributed by atoms with Gasteiger partial charge in [0.2, 0.25) is 5.91 Å². The lowest BCUT2D eigenvalue weighted by Crippen LogP contribution is -2.39. The van der Waals surface area contributed by atoms with E-state index in [9.17, 15) is 22.8 Å². The molecule has 29 heavy (non-hydrogen) atoms. The summed E-state index contributed by atoms with van der Waals surface area (Å²) in [6, 6.07) is 11.3. The Balaban J connectivity index is 1.69. The van der Waals surface area contributed by atoms with E-state index in [-0.39, 0.29) is 18.5 Å². The third-order valence-electron chi connectivity index (χ3n) is 4.28. The van der Waals surface area contributed by atoms with Crippen LogP contribution in [0.15, 0.2) is 59.4 Å². The molecule has 1 atom stereocenters. The molecule has 8 heteroatoms. The van der Waals surface area contributed by atoms with Crippen molar-refractivity contribution >= 4 is 5.91 Å². The second-order valence-electron chi connectivity index (χ2n) is 6.59. The summed E-state index contributed by atoms with van der Waals surface area (Å²) in [5.41, 5.74) is 0.385. The van der Waals surface area contributed by atoms with Crippen LogP contribution in [0.2, 0.25) is 0 Å². The molecule has 5 nitrogen and oxygen atoms in total. The van der Waals surface area contributed by atoms with Crippen LogP contribution in [0.5, 0.6) is 0 Å². The van der Waals surface area contributed by atoms with Gasteiger partial charge < -0.3 is 5.32 Å². The fraction of sp³-hybridized carbons (Fsp3) is 0.190. The van der Waals surface area contributed by atoms with Crippen molar-refractivity contribution < 1.29 is 18.0 Å². The molecule has 2 aromatic carbocycles. The number of carbonyl (C=O) groups is 1. The van der Waals surface area contributed by atoms with E-state index in [4.69, 9.17) is 0 Å². The molecule has 1 amide bonds. The molecule has 0 fully saturated rings. The van der Waals surface area contributed by atoms with Crippen LogP contribution < -0.4 is 10.9 Å². The zero-order valence-corrected chi connectivity index (χ0v) is 15.5. The molecule has 0 bridgehead atoms. The number of hydrogen-bond donors (Lipinski definition) is 1. The van der Waals surface area contributed by atoms with Gasteiger partial charge in [-0.2, -0.15) is 5.10 Å². The Labute approximate surface area is 164 Å². The zero-order valence-electron chi connectivity index (χ0n) is 15.5. The summed E-state index contributed by atoms with van der Waals surface area (Å²) in [7, 11) is 0. The van der Waals surface area contributed by atoms with Gasteiger partial charge in [0, 0.05) is 23.2 Å². The number of nitrogens with zero attached hydrogens (tertiary/aromatic N) is 2. The smallest absolute Gasteiger partial charge is 0.267 e. The summed E-state index contributed by atoms with van der Waals surface area (Å²) in [6.07, 6.45) is -0.0395. The second-order valence-corrected chi connectivity index (χ2v) is 6.59. The van der Waals surface area contributed by atoms with E-state index < -0.39 is 35.0 Å². The quantitative estimate of drug-likeness (QED) is 0.691. The fourth-order valence-corrected chi connectivity index (χ4v) is 2.88. The number of benzene rings is 2. The minimum absolute atomic E-state index is 0.0395. The highest BCUT2D eigenvalue weighted by atomic mass is 19.1. The second kappa shape index (κ2) is 8.72. The summed E-state index contributed by atoms with van der Waals surface area (Å²) in [6.45, 7) is 1.24. The number of rotatable bonds is 6. The molecule has 1 aromatic heterocycles. The van der Waals surface area contributed by atoms with Crippen molar-refractivity contribution in [1.29, 1.82) is 0 Å². The van der Waals surface area contributed by atoms with Crippen molar-refractivity contribution in [2.24, 2.45) is 0 Å². The topological polar surface area (TPSA) is 64.0 Å².